The molecule has 0 fully saturated rings. The summed E-state index contributed by atoms with van der Waals surface area (Å²) in [6, 6.07) is 6.03. The van der Waals surface area contributed by atoms with Gasteiger partial charge in [-0.05, 0) is 53.5 Å². The molecule has 0 radical (unpaired) electrons. The Morgan fingerprint density at radius 1 is 1.47 bits per heavy atom. The van der Waals surface area contributed by atoms with Gasteiger partial charge in [0.05, 0.1) is 5.02 Å². The Balaban J connectivity index is 2.34. The van der Waals surface area contributed by atoms with E-state index < -0.39 is 0 Å². The van der Waals surface area contributed by atoms with Gasteiger partial charge in [-0.15, -0.1) is 0 Å². The van der Waals surface area contributed by atoms with Crippen molar-refractivity contribution in [2.24, 2.45) is 0 Å². The van der Waals surface area contributed by atoms with E-state index in [9.17, 15) is 0 Å². The molecule has 0 bridgehead atoms. The average molecular weight is 289 g/mol. The van der Waals surface area contributed by atoms with Gasteiger partial charge in [0.1, 0.15) is 0 Å². The number of rotatable bonds is 5. The largest absolute Gasteiger partial charge is 0.312 e. The minimum Gasteiger partial charge on any atom is -0.312 e. The molecule has 0 atom stereocenters. The van der Waals surface area contributed by atoms with Gasteiger partial charge in [0.25, 0.3) is 0 Å². The molecule has 15 heavy (non-hydrogen) atoms. The van der Waals surface area contributed by atoms with Crippen molar-refractivity contribution in [3.05, 3.63) is 45.4 Å². The Kier molecular flexibility index (Phi) is 5.99. The number of halogens is 2. The van der Waals surface area contributed by atoms with Crippen LogP contribution in [0.5, 0.6) is 0 Å². The first-order valence-electron chi connectivity index (χ1n) is 5.00. The Bertz CT molecular complexity index is 336. The van der Waals surface area contributed by atoms with Gasteiger partial charge in [-0.2, -0.15) is 0 Å². The zero-order valence-corrected chi connectivity index (χ0v) is 11.1. The van der Waals surface area contributed by atoms with E-state index in [1.807, 2.05) is 19.1 Å². The molecule has 1 rings (SSSR count). The van der Waals surface area contributed by atoms with Gasteiger partial charge in [-0.1, -0.05) is 29.8 Å². The monoisotopic (exact) mass is 287 g/mol. The van der Waals surface area contributed by atoms with Crippen LogP contribution in [0.15, 0.2) is 34.8 Å². The molecule has 0 unspecified atom stereocenters. The third kappa shape index (κ3) is 4.83. The Morgan fingerprint density at radius 3 is 2.93 bits per heavy atom. The third-order valence-corrected chi connectivity index (χ3v) is 3.27. The molecule has 0 spiro atoms. The summed E-state index contributed by atoms with van der Waals surface area (Å²) in [4.78, 5) is 0. The lowest BCUT2D eigenvalue weighted by Crippen LogP contribution is -2.13. The van der Waals surface area contributed by atoms with Crippen LogP contribution in [0.25, 0.3) is 0 Å². The number of allylic oxidation sites excluding steroid dienone is 1. The SMILES string of the molecule is C/C=C/CCNCc1ccc(Br)c(Cl)c1. The molecule has 0 aliphatic carbocycles. The van der Waals surface area contributed by atoms with Crippen LogP contribution in [0.2, 0.25) is 5.02 Å². The highest BCUT2D eigenvalue weighted by Gasteiger charge is 1.98. The lowest BCUT2D eigenvalue weighted by atomic mass is 10.2. The van der Waals surface area contributed by atoms with Gasteiger partial charge in [0.2, 0.25) is 0 Å². The van der Waals surface area contributed by atoms with Crippen molar-refractivity contribution >= 4 is 27.5 Å². The molecule has 1 aromatic rings. The van der Waals surface area contributed by atoms with E-state index >= 15 is 0 Å². The summed E-state index contributed by atoms with van der Waals surface area (Å²) in [5.41, 5.74) is 1.21. The molecule has 1 N–H and O–H groups in total. The van der Waals surface area contributed by atoms with Crippen LogP contribution in [-0.4, -0.2) is 6.54 Å². The summed E-state index contributed by atoms with van der Waals surface area (Å²) in [7, 11) is 0. The van der Waals surface area contributed by atoms with E-state index in [2.05, 4.69) is 39.5 Å². The standard InChI is InChI=1S/C12H15BrClN/c1-2-3-4-7-15-9-10-5-6-11(13)12(14)8-10/h2-3,5-6,8,15H,4,7,9H2,1H3/b3-2+. The molecular weight excluding hydrogens is 273 g/mol. The predicted molar refractivity (Wildman–Crippen MR) is 70.3 cm³/mol. The van der Waals surface area contributed by atoms with Crippen molar-refractivity contribution < 1.29 is 0 Å². The molecule has 1 aromatic carbocycles. The quantitative estimate of drug-likeness (QED) is 0.634. The van der Waals surface area contributed by atoms with Crippen molar-refractivity contribution in [1.82, 2.24) is 5.32 Å². The van der Waals surface area contributed by atoms with Crippen molar-refractivity contribution in [3.63, 3.8) is 0 Å². The molecule has 0 amide bonds. The zero-order valence-electron chi connectivity index (χ0n) is 8.76. The average Bonchev–Trinajstić information content (AvgIpc) is 2.23. The maximum Gasteiger partial charge on any atom is 0.0551 e. The van der Waals surface area contributed by atoms with E-state index in [4.69, 9.17) is 11.6 Å². The fourth-order valence-electron chi connectivity index (χ4n) is 1.23. The van der Waals surface area contributed by atoms with Crippen molar-refractivity contribution in [3.8, 4) is 0 Å². The van der Waals surface area contributed by atoms with Crippen LogP contribution in [0.3, 0.4) is 0 Å². The highest BCUT2D eigenvalue weighted by Crippen LogP contribution is 2.22. The molecular formula is C12H15BrClN. The Labute approximate surface area is 105 Å². The molecule has 82 valence electrons. The molecule has 0 aliphatic heterocycles. The van der Waals surface area contributed by atoms with Gasteiger partial charge < -0.3 is 5.32 Å². The molecule has 0 aromatic heterocycles. The summed E-state index contributed by atoms with van der Waals surface area (Å²) < 4.78 is 0.946. The minimum absolute atomic E-state index is 0.766. The molecule has 0 aliphatic rings. The second kappa shape index (κ2) is 7.04. The first-order chi connectivity index (χ1) is 7.24. The van der Waals surface area contributed by atoms with Gasteiger partial charge in [0.15, 0.2) is 0 Å². The van der Waals surface area contributed by atoms with Crippen molar-refractivity contribution in [1.29, 1.82) is 0 Å². The summed E-state index contributed by atoms with van der Waals surface area (Å²) >= 11 is 9.36. The summed E-state index contributed by atoms with van der Waals surface area (Å²) in [5.74, 6) is 0. The van der Waals surface area contributed by atoms with E-state index in [-0.39, 0.29) is 0 Å². The van der Waals surface area contributed by atoms with Crippen molar-refractivity contribution in [2.75, 3.05) is 6.54 Å². The molecule has 3 heteroatoms. The van der Waals surface area contributed by atoms with E-state index in [0.29, 0.717) is 0 Å². The van der Waals surface area contributed by atoms with E-state index in [0.717, 1.165) is 29.0 Å². The van der Waals surface area contributed by atoms with Crippen LogP contribution in [0.4, 0.5) is 0 Å². The smallest absolute Gasteiger partial charge is 0.0551 e. The number of nitrogens with one attached hydrogen (secondary N) is 1. The van der Waals surface area contributed by atoms with Crippen LogP contribution in [0.1, 0.15) is 18.9 Å². The van der Waals surface area contributed by atoms with E-state index in [1.165, 1.54) is 5.56 Å². The lowest BCUT2D eigenvalue weighted by molar-refractivity contribution is 0.695. The van der Waals surface area contributed by atoms with Gasteiger partial charge in [-0.3, -0.25) is 0 Å². The number of hydrogen-bond acceptors (Lipinski definition) is 1. The minimum atomic E-state index is 0.766. The number of hydrogen-bond donors (Lipinski definition) is 1. The maximum absolute atomic E-state index is 5.99. The van der Waals surface area contributed by atoms with Crippen molar-refractivity contribution in [2.45, 2.75) is 19.9 Å². The fourth-order valence-corrected chi connectivity index (χ4v) is 1.68. The molecule has 0 saturated carbocycles. The van der Waals surface area contributed by atoms with Gasteiger partial charge in [0, 0.05) is 11.0 Å². The number of benzene rings is 1. The second-order valence-corrected chi connectivity index (χ2v) is 4.54. The van der Waals surface area contributed by atoms with Gasteiger partial charge >= 0.3 is 0 Å². The topological polar surface area (TPSA) is 12.0 Å². The highest BCUT2D eigenvalue weighted by molar-refractivity contribution is 9.10. The fraction of sp³-hybridized carbons (Fsp3) is 0.333. The van der Waals surface area contributed by atoms with E-state index in [1.54, 1.807) is 0 Å². The second-order valence-electron chi connectivity index (χ2n) is 3.28. The van der Waals surface area contributed by atoms with Crippen LogP contribution in [-0.2, 0) is 6.54 Å². The molecule has 0 saturated heterocycles. The van der Waals surface area contributed by atoms with Gasteiger partial charge in [-0.25, -0.2) is 0 Å². The maximum atomic E-state index is 5.99. The lowest BCUT2D eigenvalue weighted by Gasteiger charge is -2.04. The van der Waals surface area contributed by atoms with Crippen LogP contribution in [0, 0.1) is 0 Å². The first kappa shape index (κ1) is 12.8. The zero-order chi connectivity index (χ0) is 11.1. The third-order valence-electron chi connectivity index (χ3n) is 2.04. The summed E-state index contributed by atoms with van der Waals surface area (Å²) in [6.45, 7) is 3.90. The Morgan fingerprint density at radius 2 is 2.27 bits per heavy atom. The van der Waals surface area contributed by atoms with Crippen LogP contribution >= 0.6 is 27.5 Å². The predicted octanol–water partition coefficient (Wildman–Crippen LogP) is 4.16. The Hall–Kier alpha value is -0.310. The normalized spacial score (nSPS) is 11.1. The summed E-state index contributed by atoms with van der Waals surface area (Å²) in [6.07, 6.45) is 5.29. The molecule has 1 nitrogen and oxygen atoms in total. The first-order valence-corrected chi connectivity index (χ1v) is 6.17. The highest BCUT2D eigenvalue weighted by atomic mass is 79.9. The summed E-state index contributed by atoms with van der Waals surface area (Å²) in [5, 5.41) is 4.12. The molecule has 0 heterocycles. The van der Waals surface area contributed by atoms with Crippen LogP contribution < -0.4 is 5.32 Å².